The second kappa shape index (κ2) is 11.6. The summed E-state index contributed by atoms with van der Waals surface area (Å²) in [6.07, 6.45) is 0. The topological polar surface area (TPSA) is 49.8 Å². The third-order valence-electron chi connectivity index (χ3n) is 5.89. The Kier molecular flexibility index (Phi) is 8.28. The van der Waals surface area contributed by atoms with Gasteiger partial charge in [-0.2, -0.15) is 10.2 Å². The van der Waals surface area contributed by atoms with Gasteiger partial charge in [0.2, 0.25) is 11.0 Å². The van der Waals surface area contributed by atoms with E-state index in [9.17, 15) is 5.26 Å². The van der Waals surface area contributed by atoms with Crippen LogP contribution in [0.15, 0.2) is 125 Å². The van der Waals surface area contributed by atoms with Crippen molar-refractivity contribution in [2.24, 2.45) is 0 Å². The number of nitriles is 1. The summed E-state index contributed by atoms with van der Waals surface area (Å²) in [4.78, 5) is 5.22. The van der Waals surface area contributed by atoms with Crippen LogP contribution in [0.1, 0.15) is 5.56 Å². The summed E-state index contributed by atoms with van der Waals surface area (Å²) < 4.78 is 6.44. The van der Waals surface area contributed by atoms with E-state index >= 15 is 0 Å². The Labute approximate surface area is 223 Å². The van der Waals surface area contributed by atoms with Gasteiger partial charge in [-0.3, -0.25) is 0 Å². The number of hydrogen-bond donors (Lipinski definition) is 0. The van der Waals surface area contributed by atoms with Crippen LogP contribution in [0.25, 0.3) is 11.5 Å². The molecule has 0 spiro atoms. The van der Waals surface area contributed by atoms with Crippen molar-refractivity contribution in [2.45, 2.75) is 12.0 Å². The summed E-state index contributed by atoms with van der Waals surface area (Å²) in [5.74, 6) is 0.862. The van der Waals surface area contributed by atoms with Crippen molar-refractivity contribution in [3.05, 3.63) is 121 Å². The largest absolute Gasteiger partial charge is 1.00 e. The molecule has 0 fully saturated rings. The quantitative estimate of drug-likeness (QED) is 0.242. The fourth-order valence-electron chi connectivity index (χ4n) is 4.29. The van der Waals surface area contributed by atoms with Gasteiger partial charge >= 0.3 is 0 Å². The van der Waals surface area contributed by atoms with Crippen LogP contribution in [0, 0.1) is 18.3 Å². The van der Waals surface area contributed by atoms with Crippen molar-refractivity contribution < 1.29 is 16.8 Å². The molecule has 0 atom stereocenters. The standard InChI is InChI=1S/C30H24N2OPS.ClH/c1-23-17-19-24(20-18-23)28-32-29(30(33-28)35-22-21-31)34(25-11-5-2-6-12-25,26-13-7-3-8-14-26)27-15-9-4-10-16-27;/h2-20H,22H2,1H3;1H/q+1;/p-1. The molecule has 0 aliphatic carbocycles. The average Bonchev–Trinajstić information content (AvgIpc) is 3.34. The summed E-state index contributed by atoms with van der Waals surface area (Å²) in [5.41, 5.74) is 3.00. The van der Waals surface area contributed by atoms with E-state index in [1.54, 1.807) is 0 Å². The lowest BCUT2D eigenvalue weighted by molar-refractivity contribution is -0.00000754. The van der Waals surface area contributed by atoms with E-state index in [4.69, 9.17) is 9.40 Å². The zero-order chi connectivity index (χ0) is 24.1. The highest BCUT2D eigenvalue weighted by Crippen LogP contribution is 2.56. The fourth-order valence-corrected chi connectivity index (χ4v) is 9.45. The van der Waals surface area contributed by atoms with E-state index in [0.717, 1.165) is 11.0 Å². The predicted octanol–water partition coefficient (Wildman–Crippen LogP) is 2.89. The number of halogens is 1. The van der Waals surface area contributed by atoms with Crippen LogP contribution in [-0.4, -0.2) is 10.7 Å². The maximum Gasteiger partial charge on any atom is 0.251 e. The van der Waals surface area contributed by atoms with Crippen LogP contribution in [0.3, 0.4) is 0 Å². The molecular formula is C30H24ClN2OPS. The Hall–Kier alpha value is -3.35. The SMILES string of the molecule is Cc1ccc(-c2nc([P+](c3ccccc3)(c3ccccc3)c3ccccc3)c(SCC#N)o2)cc1.[Cl-]. The molecule has 0 unspecified atom stereocenters. The Morgan fingerprint density at radius 3 is 1.67 bits per heavy atom. The lowest BCUT2D eigenvalue weighted by Crippen LogP contribution is -3.00. The van der Waals surface area contributed by atoms with Crippen LogP contribution in [0.4, 0.5) is 0 Å². The predicted molar refractivity (Wildman–Crippen MR) is 148 cm³/mol. The molecule has 0 aliphatic heterocycles. The first-order valence-electron chi connectivity index (χ1n) is 11.4. The molecule has 1 heterocycles. The van der Waals surface area contributed by atoms with Gasteiger partial charge in [-0.1, -0.05) is 84.1 Å². The highest BCUT2D eigenvalue weighted by Gasteiger charge is 2.52. The van der Waals surface area contributed by atoms with Crippen molar-refractivity contribution in [1.82, 2.24) is 4.98 Å². The number of aryl methyl sites for hydroxylation is 1. The number of rotatable bonds is 7. The molecule has 36 heavy (non-hydrogen) atoms. The number of benzene rings is 4. The average molecular weight is 527 g/mol. The van der Waals surface area contributed by atoms with Gasteiger partial charge < -0.3 is 16.8 Å². The Morgan fingerprint density at radius 2 is 1.22 bits per heavy atom. The van der Waals surface area contributed by atoms with Crippen LogP contribution in [0.2, 0.25) is 0 Å². The van der Waals surface area contributed by atoms with Crippen LogP contribution in [0.5, 0.6) is 0 Å². The number of aromatic nitrogens is 1. The van der Waals surface area contributed by atoms with E-state index in [-0.39, 0.29) is 18.2 Å². The molecule has 0 N–H and O–H groups in total. The summed E-state index contributed by atoms with van der Waals surface area (Å²) in [5, 5.41) is 13.7. The summed E-state index contributed by atoms with van der Waals surface area (Å²) in [7, 11) is -2.43. The van der Waals surface area contributed by atoms with Crippen LogP contribution in [-0.2, 0) is 0 Å². The smallest absolute Gasteiger partial charge is 0.251 e. The molecule has 0 saturated heterocycles. The molecule has 6 heteroatoms. The van der Waals surface area contributed by atoms with E-state index in [1.807, 2.05) is 30.3 Å². The monoisotopic (exact) mass is 526 g/mol. The lowest BCUT2D eigenvalue weighted by Gasteiger charge is -2.25. The molecule has 0 saturated carbocycles. The molecular weight excluding hydrogens is 503 g/mol. The first-order chi connectivity index (χ1) is 17.2. The van der Waals surface area contributed by atoms with Gasteiger partial charge in [-0.25, -0.2) is 0 Å². The molecule has 0 aliphatic rings. The van der Waals surface area contributed by atoms with Crippen molar-refractivity contribution in [1.29, 1.82) is 5.26 Å². The summed E-state index contributed by atoms with van der Waals surface area (Å²) in [6, 6.07) is 42.2. The molecule has 3 nitrogen and oxygen atoms in total. The fraction of sp³-hybridized carbons (Fsp3) is 0.0667. The Morgan fingerprint density at radius 1 is 0.750 bits per heavy atom. The molecule has 4 aromatic carbocycles. The van der Waals surface area contributed by atoms with Crippen molar-refractivity contribution in [3.63, 3.8) is 0 Å². The normalized spacial score (nSPS) is 10.9. The molecule has 0 radical (unpaired) electrons. The van der Waals surface area contributed by atoms with Gasteiger partial charge in [0.1, 0.15) is 15.9 Å². The maximum atomic E-state index is 9.40. The van der Waals surface area contributed by atoms with Crippen molar-refractivity contribution in [3.8, 4) is 17.5 Å². The first-order valence-corrected chi connectivity index (χ1v) is 14.1. The third kappa shape index (κ3) is 4.84. The molecule has 1 aromatic heterocycles. The molecule has 0 bridgehead atoms. The van der Waals surface area contributed by atoms with Gasteiger partial charge in [-0.15, -0.1) is 0 Å². The maximum absolute atomic E-state index is 9.40. The van der Waals surface area contributed by atoms with Crippen molar-refractivity contribution >= 4 is 40.4 Å². The van der Waals surface area contributed by atoms with E-state index < -0.39 is 7.26 Å². The number of nitrogens with zero attached hydrogens (tertiary/aromatic N) is 2. The third-order valence-corrected chi connectivity index (χ3v) is 11.0. The summed E-state index contributed by atoms with van der Waals surface area (Å²) >= 11 is 1.41. The minimum absolute atomic E-state index is 0. The van der Waals surface area contributed by atoms with Gasteiger partial charge in [-0.05, 0) is 55.5 Å². The second-order valence-electron chi connectivity index (χ2n) is 8.12. The van der Waals surface area contributed by atoms with Gasteiger partial charge in [0.05, 0.1) is 11.8 Å². The molecule has 178 valence electrons. The highest BCUT2D eigenvalue weighted by molar-refractivity contribution is 8.04. The molecule has 5 rings (SSSR count). The van der Waals surface area contributed by atoms with Gasteiger partial charge in [0.25, 0.3) is 5.44 Å². The minimum atomic E-state index is -2.43. The number of oxazole rings is 1. The Balaban J connectivity index is 0.00000304. The van der Waals surface area contributed by atoms with E-state index in [1.165, 1.54) is 33.2 Å². The second-order valence-corrected chi connectivity index (χ2v) is 12.4. The zero-order valence-corrected chi connectivity index (χ0v) is 22.2. The van der Waals surface area contributed by atoms with E-state index in [2.05, 4.69) is 97.9 Å². The summed E-state index contributed by atoms with van der Waals surface area (Å²) in [6.45, 7) is 2.07. The van der Waals surface area contributed by atoms with Gasteiger partial charge in [0.15, 0.2) is 7.26 Å². The Bertz CT molecular complexity index is 1350. The highest BCUT2D eigenvalue weighted by atomic mass is 35.5. The van der Waals surface area contributed by atoms with Gasteiger partial charge in [0, 0.05) is 5.56 Å². The molecule has 5 aromatic rings. The zero-order valence-electron chi connectivity index (χ0n) is 19.7. The minimum Gasteiger partial charge on any atom is -1.00 e. The number of thioether (sulfide) groups is 1. The van der Waals surface area contributed by atoms with Crippen LogP contribution < -0.4 is 33.8 Å². The molecule has 0 amide bonds. The first kappa shape index (κ1) is 25.7. The van der Waals surface area contributed by atoms with Crippen molar-refractivity contribution in [2.75, 3.05) is 5.75 Å². The van der Waals surface area contributed by atoms with Crippen LogP contribution >= 0.6 is 19.0 Å². The van der Waals surface area contributed by atoms with E-state index in [0.29, 0.717) is 11.0 Å². The lowest BCUT2D eigenvalue weighted by atomic mass is 10.1. The number of hydrogen-bond acceptors (Lipinski definition) is 4.